The van der Waals surface area contributed by atoms with Gasteiger partial charge in [0.1, 0.15) is 0 Å². The van der Waals surface area contributed by atoms with Crippen LogP contribution in [0.25, 0.3) is 0 Å². The van der Waals surface area contributed by atoms with Gasteiger partial charge in [-0.1, -0.05) is 30.3 Å². The van der Waals surface area contributed by atoms with Gasteiger partial charge in [0.2, 0.25) is 0 Å². The van der Waals surface area contributed by atoms with E-state index in [2.05, 4.69) is 5.32 Å². The molecular formula is C14H22N2O2. The van der Waals surface area contributed by atoms with Crippen LogP contribution in [0.15, 0.2) is 30.3 Å². The molecule has 0 radical (unpaired) electrons. The average molecular weight is 250 g/mol. The molecule has 1 aromatic carbocycles. The zero-order chi connectivity index (χ0) is 13.0. The lowest BCUT2D eigenvalue weighted by molar-refractivity contribution is -0.0135. The second kappa shape index (κ2) is 6.29. The van der Waals surface area contributed by atoms with E-state index in [1.165, 1.54) is 0 Å². The summed E-state index contributed by atoms with van der Waals surface area (Å²) in [7, 11) is 0. The molecule has 5 N–H and O–H groups in total. The monoisotopic (exact) mass is 250 g/mol. The Morgan fingerprint density at radius 1 is 1.28 bits per heavy atom. The van der Waals surface area contributed by atoms with Crippen molar-refractivity contribution in [3.05, 3.63) is 35.9 Å². The van der Waals surface area contributed by atoms with Crippen molar-refractivity contribution >= 4 is 0 Å². The topological polar surface area (TPSA) is 78.5 Å². The summed E-state index contributed by atoms with van der Waals surface area (Å²) in [5.74, 6) is 0. The minimum absolute atomic E-state index is 0.0261. The molecule has 1 aliphatic rings. The highest BCUT2D eigenvalue weighted by Gasteiger charge is 2.31. The van der Waals surface area contributed by atoms with Gasteiger partial charge in [0, 0.05) is 12.1 Å². The van der Waals surface area contributed by atoms with E-state index in [9.17, 15) is 10.2 Å². The van der Waals surface area contributed by atoms with Crippen LogP contribution in [0.4, 0.5) is 0 Å². The van der Waals surface area contributed by atoms with E-state index in [1.807, 2.05) is 30.3 Å². The quantitative estimate of drug-likeness (QED) is 0.594. The third kappa shape index (κ3) is 3.29. The molecule has 1 fully saturated rings. The first-order valence-corrected chi connectivity index (χ1v) is 6.57. The molecule has 100 valence electrons. The molecule has 0 amide bonds. The zero-order valence-electron chi connectivity index (χ0n) is 10.5. The molecule has 0 aromatic heterocycles. The molecule has 1 aromatic rings. The predicted octanol–water partition coefficient (Wildman–Crippen LogP) is 0.0302. The van der Waals surface area contributed by atoms with Gasteiger partial charge in [-0.15, -0.1) is 0 Å². The Hall–Kier alpha value is -0.940. The summed E-state index contributed by atoms with van der Waals surface area (Å²) in [4.78, 5) is 0. The van der Waals surface area contributed by atoms with E-state index < -0.39 is 18.2 Å². The largest absolute Gasteiger partial charge is 0.389 e. The van der Waals surface area contributed by atoms with Crippen molar-refractivity contribution in [1.29, 1.82) is 0 Å². The molecular weight excluding hydrogens is 228 g/mol. The molecule has 2 rings (SSSR count). The van der Waals surface area contributed by atoms with E-state index in [0.29, 0.717) is 6.42 Å². The standard InChI is InChI=1S/C14H22N2O2/c15-11(9-10-5-2-1-3-6-10)13(17)14(18)12-7-4-8-16-12/h1-3,5-6,11-14,16-18H,4,7-9,15H2/t11-,12-,13-,14+/m1/s1. The Balaban J connectivity index is 1.89. The smallest absolute Gasteiger partial charge is 0.0968 e. The molecule has 0 saturated carbocycles. The Labute approximate surface area is 108 Å². The molecule has 4 atom stereocenters. The Morgan fingerprint density at radius 3 is 2.61 bits per heavy atom. The number of rotatable bonds is 5. The number of hydrogen-bond donors (Lipinski definition) is 4. The second-order valence-electron chi connectivity index (χ2n) is 5.04. The van der Waals surface area contributed by atoms with Crippen LogP contribution in [-0.2, 0) is 6.42 Å². The second-order valence-corrected chi connectivity index (χ2v) is 5.04. The Bertz CT molecular complexity index is 352. The van der Waals surface area contributed by atoms with Gasteiger partial charge in [0.25, 0.3) is 0 Å². The lowest BCUT2D eigenvalue weighted by Gasteiger charge is -2.28. The summed E-state index contributed by atoms with van der Waals surface area (Å²) in [5.41, 5.74) is 7.06. The number of aliphatic hydroxyl groups excluding tert-OH is 2. The molecule has 0 spiro atoms. The Morgan fingerprint density at radius 2 is 2.00 bits per heavy atom. The van der Waals surface area contributed by atoms with Crippen molar-refractivity contribution in [3.63, 3.8) is 0 Å². The first-order chi connectivity index (χ1) is 8.68. The summed E-state index contributed by atoms with van der Waals surface area (Å²) in [6, 6.07) is 9.33. The number of aliphatic hydroxyl groups is 2. The minimum Gasteiger partial charge on any atom is -0.389 e. The van der Waals surface area contributed by atoms with Gasteiger partial charge in [-0.25, -0.2) is 0 Å². The normalized spacial score (nSPS) is 24.7. The minimum atomic E-state index is -0.888. The number of hydrogen-bond acceptors (Lipinski definition) is 4. The molecule has 4 nitrogen and oxygen atoms in total. The number of nitrogens with one attached hydrogen (secondary N) is 1. The lowest BCUT2D eigenvalue weighted by atomic mass is 9.94. The number of benzene rings is 1. The lowest BCUT2D eigenvalue weighted by Crippen LogP contribution is -2.51. The van der Waals surface area contributed by atoms with Gasteiger partial charge in [0.15, 0.2) is 0 Å². The van der Waals surface area contributed by atoms with E-state index in [0.717, 1.165) is 24.9 Å². The Kier molecular flexibility index (Phi) is 4.72. The molecule has 0 aliphatic carbocycles. The summed E-state index contributed by atoms with van der Waals surface area (Å²) < 4.78 is 0. The van der Waals surface area contributed by atoms with Gasteiger partial charge < -0.3 is 21.3 Å². The van der Waals surface area contributed by atoms with Gasteiger partial charge in [-0.05, 0) is 31.4 Å². The predicted molar refractivity (Wildman–Crippen MR) is 71.2 cm³/mol. The van der Waals surface area contributed by atoms with Crippen LogP contribution in [0.3, 0.4) is 0 Å². The highest BCUT2D eigenvalue weighted by Crippen LogP contribution is 2.15. The van der Waals surface area contributed by atoms with E-state index in [4.69, 9.17) is 5.73 Å². The molecule has 0 bridgehead atoms. The SMILES string of the molecule is N[C@H](Cc1ccccc1)[C@@H](O)[C@@H](O)[C@H]1CCCN1. The fraction of sp³-hybridized carbons (Fsp3) is 0.571. The van der Waals surface area contributed by atoms with Crippen molar-refractivity contribution in [1.82, 2.24) is 5.32 Å². The van der Waals surface area contributed by atoms with Gasteiger partial charge >= 0.3 is 0 Å². The van der Waals surface area contributed by atoms with Gasteiger partial charge in [-0.3, -0.25) is 0 Å². The van der Waals surface area contributed by atoms with Crippen molar-refractivity contribution in [3.8, 4) is 0 Å². The van der Waals surface area contributed by atoms with Gasteiger partial charge in [-0.2, -0.15) is 0 Å². The van der Waals surface area contributed by atoms with Crippen molar-refractivity contribution in [2.75, 3.05) is 6.54 Å². The molecule has 1 aliphatic heterocycles. The highest BCUT2D eigenvalue weighted by atomic mass is 16.3. The van der Waals surface area contributed by atoms with Crippen LogP contribution >= 0.6 is 0 Å². The fourth-order valence-electron chi connectivity index (χ4n) is 2.50. The highest BCUT2D eigenvalue weighted by molar-refractivity contribution is 5.16. The third-order valence-electron chi connectivity index (χ3n) is 3.61. The molecule has 18 heavy (non-hydrogen) atoms. The fourth-order valence-corrected chi connectivity index (χ4v) is 2.50. The third-order valence-corrected chi connectivity index (χ3v) is 3.61. The van der Waals surface area contributed by atoms with Gasteiger partial charge in [0.05, 0.1) is 12.2 Å². The van der Waals surface area contributed by atoms with E-state index in [-0.39, 0.29) is 6.04 Å². The van der Waals surface area contributed by atoms with Crippen LogP contribution in [0.2, 0.25) is 0 Å². The summed E-state index contributed by atoms with van der Waals surface area (Å²) >= 11 is 0. The van der Waals surface area contributed by atoms with Crippen LogP contribution in [0, 0.1) is 0 Å². The molecule has 4 heteroatoms. The van der Waals surface area contributed by atoms with Crippen LogP contribution in [0.1, 0.15) is 18.4 Å². The summed E-state index contributed by atoms with van der Waals surface area (Å²) in [5, 5.41) is 23.4. The maximum Gasteiger partial charge on any atom is 0.0968 e. The maximum atomic E-state index is 10.1. The van der Waals surface area contributed by atoms with Crippen LogP contribution in [-0.4, -0.2) is 41.0 Å². The average Bonchev–Trinajstić information content (AvgIpc) is 2.92. The van der Waals surface area contributed by atoms with E-state index >= 15 is 0 Å². The van der Waals surface area contributed by atoms with Crippen molar-refractivity contribution in [2.24, 2.45) is 5.73 Å². The first kappa shape index (κ1) is 13.5. The summed E-state index contributed by atoms with van der Waals surface area (Å²) in [6.45, 7) is 0.905. The maximum absolute atomic E-state index is 10.1. The number of nitrogens with two attached hydrogens (primary N) is 1. The molecule has 0 unspecified atom stereocenters. The molecule has 1 saturated heterocycles. The molecule has 1 heterocycles. The van der Waals surface area contributed by atoms with E-state index in [1.54, 1.807) is 0 Å². The van der Waals surface area contributed by atoms with Crippen molar-refractivity contribution in [2.45, 2.75) is 43.6 Å². The first-order valence-electron chi connectivity index (χ1n) is 6.57. The summed E-state index contributed by atoms with van der Waals surface area (Å²) in [6.07, 6.45) is 0.844. The zero-order valence-corrected chi connectivity index (χ0v) is 10.5. The van der Waals surface area contributed by atoms with Crippen LogP contribution in [0.5, 0.6) is 0 Å². The van der Waals surface area contributed by atoms with Crippen LogP contribution < -0.4 is 11.1 Å². The van der Waals surface area contributed by atoms with Crippen molar-refractivity contribution < 1.29 is 10.2 Å².